The van der Waals surface area contributed by atoms with Crippen LogP contribution in [0, 0.1) is 0 Å². The van der Waals surface area contributed by atoms with E-state index >= 15 is 0 Å². The van der Waals surface area contributed by atoms with Gasteiger partial charge in [-0.2, -0.15) is 0 Å². The second-order valence-electron chi connectivity index (χ2n) is 5.02. The lowest BCUT2D eigenvalue weighted by molar-refractivity contribution is -0.122. The molecule has 1 atom stereocenters. The molecule has 24 heavy (non-hydrogen) atoms. The molecule has 0 aliphatic carbocycles. The predicted octanol–water partition coefficient (Wildman–Crippen LogP) is 2.83. The molecule has 0 aliphatic heterocycles. The van der Waals surface area contributed by atoms with Gasteiger partial charge in [0, 0.05) is 6.54 Å². The molecule has 0 aromatic heterocycles. The fourth-order valence-corrected chi connectivity index (χ4v) is 2.21. The van der Waals surface area contributed by atoms with E-state index in [9.17, 15) is 4.79 Å². The van der Waals surface area contributed by atoms with Crippen LogP contribution in [0.15, 0.2) is 48.5 Å². The summed E-state index contributed by atoms with van der Waals surface area (Å²) in [5.41, 5.74) is 7.68. The first-order valence-corrected chi connectivity index (χ1v) is 7.53. The van der Waals surface area contributed by atoms with Crippen molar-refractivity contribution in [3.63, 3.8) is 0 Å². The third-order valence-corrected chi connectivity index (χ3v) is 3.44. The Morgan fingerprint density at radius 1 is 1.17 bits per heavy atom. The van der Waals surface area contributed by atoms with Crippen LogP contribution in [-0.2, 0) is 11.3 Å². The van der Waals surface area contributed by atoms with Gasteiger partial charge in [-0.25, -0.2) is 0 Å². The highest BCUT2D eigenvalue weighted by Gasteiger charge is 2.15. The number of hydrogen-bond donors (Lipinski definition) is 2. The monoisotopic (exact) mass is 350 g/mol. The van der Waals surface area contributed by atoms with E-state index in [0.717, 1.165) is 11.1 Å². The smallest absolute Gasteiger partial charge is 0.241 e. The summed E-state index contributed by atoms with van der Waals surface area (Å²) >= 11 is 0. The minimum atomic E-state index is -0.680. The van der Waals surface area contributed by atoms with Crippen LogP contribution < -0.4 is 20.5 Å². The SMILES string of the molecule is CCOc1cc(CNC(=O)C(N)c2ccccc2)ccc1OC.Cl. The first kappa shape index (κ1) is 19.8. The molecule has 2 aromatic carbocycles. The van der Waals surface area contributed by atoms with Crippen molar-refractivity contribution in [2.75, 3.05) is 13.7 Å². The molecule has 2 rings (SSSR count). The second-order valence-corrected chi connectivity index (χ2v) is 5.02. The second kappa shape index (κ2) is 9.80. The van der Waals surface area contributed by atoms with Crippen molar-refractivity contribution in [1.82, 2.24) is 5.32 Å². The lowest BCUT2D eigenvalue weighted by atomic mass is 10.1. The summed E-state index contributed by atoms with van der Waals surface area (Å²) in [6, 6.07) is 14.2. The summed E-state index contributed by atoms with van der Waals surface area (Å²) in [5.74, 6) is 1.11. The molecule has 6 heteroatoms. The first-order chi connectivity index (χ1) is 11.2. The van der Waals surface area contributed by atoms with Gasteiger partial charge in [0.2, 0.25) is 5.91 Å². The Morgan fingerprint density at radius 3 is 2.50 bits per heavy atom. The zero-order chi connectivity index (χ0) is 16.7. The third-order valence-electron chi connectivity index (χ3n) is 3.44. The Kier molecular flexibility index (Phi) is 8.09. The number of nitrogens with one attached hydrogen (secondary N) is 1. The van der Waals surface area contributed by atoms with Gasteiger partial charge in [-0.15, -0.1) is 12.4 Å². The van der Waals surface area contributed by atoms with Gasteiger partial charge in [0.25, 0.3) is 0 Å². The van der Waals surface area contributed by atoms with E-state index in [4.69, 9.17) is 15.2 Å². The summed E-state index contributed by atoms with van der Waals surface area (Å²) < 4.78 is 10.8. The van der Waals surface area contributed by atoms with Crippen molar-refractivity contribution in [3.05, 3.63) is 59.7 Å². The number of carbonyl (C=O) groups excluding carboxylic acids is 1. The van der Waals surface area contributed by atoms with Gasteiger partial charge < -0.3 is 20.5 Å². The highest BCUT2D eigenvalue weighted by atomic mass is 35.5. The van der Waals surface area contributed by atoms with Gasteiger partial charge in [-0.1, -0.05) is 36.4 Å². The number of nitrogens with two attached hydrogens (primary N) is 1. The zero-order valence-electron chi connectivity index (χ0n) is 13.8. The van der Waals surface area contributed by atoms with Crippen molar-refractivity contribution in [2.45, 2.75) is 19.5 Å². The van der Waals surface area contributed by atoms with Gasteiger partial charge in [0.05, 0.1) is 13.7 Å². The predicted molar refractivity (Wildman–Crippen MR) is 96.6 cm³/mol. The molecule has 0 radical (unpaired) electrons. The summed E-state index contributed by atoms with van der Waals surface area (Å²) in [6.45, 7) is 2.83. The molecule has 130 valence electrons. The van der Waals surface area contributed by atoms with Gasteiger partial charge in [0.15, 0.2) is 11.5 Å². The molecule has 0 heterocycles. The number of benzene rings is 2. The summed E-state index contributed by atoms with van der Waals surface area (Å²) in [4.78, 5) is 12.2. The normalized spacial score (nSPS) is 11.1. The molecule has 0 bridgehead atoms. The van der Waals surface area contributed by atoms with Crippen LogP contribution in [0.5, 0.6) is 11.5 Å². The van der Waals surface area contributed by atoms with Crippen LogP contribution in [-0.4, -0.2) is 19.6 Å². The zero-order valence-corrected chi connectivity index (χ0v) is 14.6. The van der Waals surface area contributed by atoms with Crippen molar-refractivity contribution in [3.8, 4) is 11.5 Å². The van der Waals surface area contributed by atoms with E-state index in [1.54, 1.807) is 7.11 Å². The molecule has 0 fully saturated rings. The van der Waals surface area contributed by atoms with E-state index in [0.29, 0.717) is 24.7 Å². The van der Waals surface area contributed by atoms with Crippen LogP contribution in [0.25, 0.3) is 0 Å². The Morgan fingerprint density at radius 2 is 1.88 bits per heavy atom. The lowest BCUT2D eigenvalue weighted by Gasteiger charge is -2.14. The Bertz CT molecular complexity index is 650. The Hall–Kier alpha value is -2.24. The Balaban J connectivity index is 0.00000288. The van der Waals surface area contributed by atoms with E-state index in [1.165, 1.54) is 0 Å². The summed E-state index contributed by atoms with van der Waals surface area (Å²) in [5, 5.41) is 2.84. The van der Waals surface area contributed by atoms with Crippen molar-refractivity contribution >= 4 is 18.3 Å². The highest BCUT2D eigenvalue weighted by molar-refractivity contribution is 5.85. The number of halogens is 1. The van der Waals surface area contributed by atoms with Crippen LogP contribution >= 0.6 is 12.4 Å². The summed E-state index contributed by atoms with van der Waals surface area (Å²) in [6.07, 6.45) is 0. The fraction of sp³-hybridized carbons (Fsp3) is 0.278. The van der Waals surface area contributed by atoms with Gasteiger partial charge in [-0.05, 0) is 30.2 Å². The minimum absolute atomic E-state index is 0. The molecular formula is C18H23ClN2O3. The highest BCUT2D eigenvalue weighted by Crippen LogP contribution is 2.28. The third kappa shape index (κ3) is 5.15. The van der Waals surface area contributed by atoms with Crippen LogP contribution in [0.4, 0.5) is 0 Å². The van der Waals surface area contributed by atoms with Crippen molar-refractivity contribution in [1.29, 1.82) is 0 Å². The van der Waals surface area contributed by atoms with Gasteiger partial charge in [-0.3, -0.25) is 4.79 Å². The molecule has 0 spiro atoms. The number of amides is 1. The van der Waals surface area contributed by atoms with E-state index < -0.39 is 6.04 Å². The van der Waals surface area contributed by atoms with E-state index in [-0.39, 0.29) is 18.3 Å². The fourth-order valence-electron chi connectivity index (χ4n) is 2.21. The van der Waals surface area contributed by atoms with Crippen LogP contribution in [0.2, 0.25) is 0 Å². The molecule has 1 amide bonds. The molecule has 0 saturated heterocycles. The quantitative estimate of drug-likeness (QED) is 0.805. The largest absolute Gasteiger partial charge is 0.493 e. The molecule has 0 saturated carbocycles. The number of carbonyl (C=O) groups is 1. The van der Waals surface area contributed by atoms with Gasteiger partial charge >= 0.3 is 0 Å². The maximum absolute atomic E-state index is 12.2. The van der Waals surface area contributed by atoms with E-state index in [1.807, 2.05) is 55.5 Å². The maximum atomic E-state index is 12.2. The van der Waals surface area contributed by atoms with Crippen molar-refractivity contribution in [2.24, 2.45) is 5.73 Å². The summed E-state index contributed by atoms with van der Waals surface area (Å²) in [7, 11) is 1.60. The standard InChI is InChI=1S/C18H22N2O3.ClH/c1-3-23-16-11-13(9-10-15(16)22-2)12-20-18(21)17(19)14-7-5-4-6-8-14;/h4-11,17H,3,12,19H2,1-2H3,(H,20,21);1H. The molecule has 0 aliphatic rings. The molecule has 1 unspecified atom stereocenters. The number of methoxy groups -OCH3 is 1. The Labute approximate surface area is 148 Å². The molecule has 5 nitrogen and oxygen atoms in total. The number of rotatable bonds is 7. The average molecular weight is 351 g/mol. The maximum Gasteiger partial charge on any atom is 0.241 e. The molecule has 3 N–H and O–H groups in total. The van der Waals surface area contributed by atoms with Gasteiger partial charge in [0.1, 0.15) is 6.04 Å². The van der Waals surface area contributed by atoms with E-state index in [2.05, 4.69) is 5.32 Å². The van der Waals surface area contributed by atoms with Crippen LogP contribution in [0.1, 0.15) is 24.1 Å². The van der Waals surface area contributed by atoms with Crippen LogP contribution in [0.3, 0.4) is 0 Å². The molecule has 2 aromatic rings. The number of ether oxygens (including phenoxy) is 2. The number of hydrogen-bond acceptors (Lipinski definition) is 4. The minimum Gasteiger partial charge on any atom is -0.493 e. The topological polar surface area (TPSA) is 73.6 Å². The lowest BCUT2D eigenvalue weighted by Crippen LogP contribution is -2.33. The first-order valence-electron chi connectivity index (χ1n) is 7.53. The average Bonchev–Trinajstić information content (AvgIpc) is 2.60. The van der Waals surface area contributed by atoms with Crippen molar-refractivity contribution < 1.29 is 14.3 Å². The molecular weight excluding hydrogens is 328 g/mol.